The van der Waals surface area contributed by atoms with Crippen LogP contribution in [0.3, 0.4) is 0 Å². The summed E-state index contributed by atoms with van der Waals surface area (Å²) in [6.07, 6.45) is 1.24. The Morgan fingerprint density at radius 2 is 1.59 bits per heavy atom. The summed E-state index contributed by atoms with van der Waals surface area (Å²) in [5, 5.41) is 0. The third-order valence-electron chi connectivity index (χ3n) is 5.92. The van der Waals surface area contributed by atoms with Crippen LogP contribution in [0, 0.1) is 0 Å². The molecule has 1 aliphatic carbocycles. The van der Waals surface area contributed by atoms with E-state index in [9.17, 15) is 14.4 Å². The smallest absolute Gasteiger partial charge is 0.412 e. The molecule has 1 amide bonds. The zero-order valence-corrected chi connectivity index (χ0v) is 18.9. The van der Waals surface area contributed by atoms with Gasteiger partial charge in [-0.1, -0.05) is 42.5 Å². The van der Waals surface area contributed by atoms with E-state index >= 15 is 0 Å². The van der Waals surface area contributed by atoms with Crippen molar-refractivity contribution < 1.29 is 33.3 Å². The fourth-order valence-electron chi connectivity index (χ4n) is 4.11. The normalized spacial score (nSPS) is 22.0. The zero-order valence-electron chi connectivity index (χ0n) is 18.9. The molecule has 1 fully saturated rings. The van der Waals surface area contributed by atoms with Crippen molar-refractivity contribution in [2.45, 2.75) is 37.7 Å². The van der Waals surface area contributed by atoms with E-state index in [1.807, 2.05) is 18.2 Å². The highest BCUT2D eigenvalue weighted by molar-refractivity contribution is 5.90. The van der Waals surface area contributed by atoms with Gasteiger partial charge in [-0.25, -0.2) is 14.4 Å². The van der Waals surface area contributed by atoms with Crippen molar-refractivity contribution in [1.29, 1.82) is 0 Å². The molecule has 34 heavy (non-hydrogen) atoms. The Morgan fingerprint density at radius 1 is 0.971 bits per heavy atom. The van der Waals surface area contributed by atoms with Crippen LogP contribution in [0.2, 0.25) is 0 Å². The Balaban J connectivity index is 1.52. The van der Waals surface area contributed by atoms with Gasteiger partial charge in [0.15, 0.2) is 12.3 Å². The van der Waals surface area contributed by atoms with Crippen molar-refractivity contribution >= 4 is 18.0 Å². The molecule has 8 nitrogen and oxygen atoms in total. The molecule has 1 unspecified atom stereocenters. The first-order valence-electron chi connectivity index (χ1n) is 11.2. The van der Waals surface area contributed by atoms with Crippen LogP contribution in [0.15, 0.2) is 72.3 Å². The van der Waals surface area contributed by atoms with Crippen molar-refractivity contribution in [3.8, 4) is 0 Å². The average molecular weight is 466 g/mol. The highest BCUT2D eigenvalue weighted by Gasteiger charge is 2.37. The summed E-state index contributed by atoms with van der Waals surface area (Å²) in [4.78, 5) is 39.2. The Hall–Kier alpha value is -3.65. The van der Waals surface area contributed by atoms with E-state index in [2.05, 4.69) is 0 Å². The third kappa shape index (κ3) is 5.46. The van der Waals surface area contributed by atoms with Gasteiger partial charge >= 0.3 is 18.0 Å². The van der Waals surface area contributed by atoms with Gasteiger partial charge in [-0.15, -0.1) is 0 Å². The first-order chi connectivity index (χ1) is 16.6. The number of methoxy groups -OCH3 is 1. The third-order valence-corrected chi connectivity index (χ3v) is 5.92. The maximum atomic E-state index is 12.9. The van der Waals surface area contributed by atoms with Gasteiger partial charge in [-0.05, 0) is 49.1 Å². The molecule has 0 N–H and O–H groups in total. The van der Waals surface area contributed by atoms with Crippen LogP contribution in [0.25, 0.3) is 0 Å². The van der Waals surface area contributed by atoms with Gasteiger partial charge in [0.1, 0.15) is 12.7 Å². The molecule has 0 saturated carbocycles. The van der Waals surface area contributed by atoms with E-state index in [-0.39, 0.29) is 6.61 Å². The van der Waals surface area contributed by atoms with Gasteiger partial charge in [0, 0.05) is 13.7 Å². The van der Waals surface area contributed by atoms with Crippen molar-refractivity contribution in [3.63, 3.8) is 0 Å². The molecule has 2 aromatic rings. The van der Waals surface area contributed by atoms with E-state index < -0.39 is 36.5 Å². The molecule has 4 rings (SSSR count). The Kier molecular flexibility index (Phi) is 7.59. The molecule has 3 atom stereocenters. The fraction of sp³-hybridized carbons (Fsp3) is 0.346. The monoisotopic (exact) mass is 465 g/mol. The van der Waals surface area contributed by atoms with Crippen LogP contribution >= 0.6 is 0 Å². The quantitative estimate of drug-likeness (QED) is 0.331. The summed E-state index contributed by atoms with van der Waals surface area (Å²) in [5.74, 6) is -0.982. The van der Waals surface area contributed by atoms with Crippen LogP contribution in [-0.4, -0.2) is 61.6 Å². The second-order valence-corrected chi connectivity index (χ2v) is 8.07. The number of rotatable bonds is 8. The molecule has 8 heteroatoms. The molecule has 2 aliphatic rings. The second kappa shape index (κ2) is 11.0. The summed E-state index contributed by atoms with van der Waals surface area (Å²) in [6, 6.07) is 17.4. The number of ether oxygens (including phenoxy) is 4. The first kappa shape index (κ1) is 23.5. The minimum Gasteiger partial charge on any atom is -0.454 e. The van der Waals surface area contributed by atoms with Crippen molar-refractivity contribution in [2.24, 2.45) is 0 Å². The number of amides is 1. The molecule has 178 valence electrons. The SMILES string of the molecule is COC1COC(=O)N1CCC1=CCC[C@H](OC(=O)c2ccccc2)[C@@H]1OC(=O)c1ccccc1. The average Bonchev–Trinajstić information content (AvgIpc) is 3.24. The molecule has 0 spiro atoms. The van der Waals surface area contributed by atoms with Crippen molar-refractivity contribution in [1.82, 2.24) is 4.90 Å². The molecule has 1 aliphatic heterocycles. The molecule has 1 heterocycles. The van der Waals surface area contributed by atoms with Crippen LogP contribution in [0.5, 0.6) is 0 Å². The Bertz CT molecular complexity index is 1040. The fourth-order valence-corrected chi connectivity index (χ4v) is 4.11. The first-order valence-corrected chi connectivity index (χ1v) is 11.2. The van der Waals surface area contributed by atoms with Crippen LogP contribution in [-0.2, 0) is 18.9 Å². The topological polar surface area (TPSA) is 91.4 Å². The summed E-state index contributed by atoms with van der Waals surface area (Å²) in [7, 11) is 1.52. The van der Waals surface area contributed by atoms with Crippen LogP contribution < -0.4 is 0 Å². The minimum atomic E-state index is -0.770. The highest BCUT2D eigenvalue weighted by Crippen LogP contribution is 2.29. The molecule has 1 saturated heterocycles. The van der Waals surface area contributed by atoms with E-state index in [0.717, 1.165) is 5.57 Å². The summed E-state index contributed by atoms with van der Waals surface area (Å²) in [5.41, 5.74) is 1.62. The maximum absolute atomic E-state index is 12.9. The molecule has 0 aromatic heterocycles. The minimum absolute atomic E-state index is 0.165. The predicted molar refractivity (Wildman–Crippen MR) is 122 cm³/mol. The number of benzene rings is 2. The van der Waals surface area contributed by atoms with Gasteiger partial charge < -0.3 is 18.9 Å². The lowest BCUT2D eigenvalue weighted by atomic mass is 9.91. The van der Waals surface area contributed by atoms with E-state index in [1.165, 1.54) is 12.0 Å². The van der Waals surface area contributed by atoms with Gasteiger partial charge in [0.2, 0.25) is 0 Å². The van der Waals surface area contributed by atoms with E-state index in [0.29, 0.717) is 36.9 Å². The number of cyclic esters (lactones) is 1. The van der Waals surface area contributed by atoms with E-state index in [4.69, 9.17) is 18.9 Å². The van der Waals surface area contributed by atoms with Gasteiger partial charge in [0.25, 0.3) is 0 Å². The standard InChI is InChI=1S/C26H27NO7/c1-31-22-17-32-26(30)27(22)16-15-18-13-8-14-21(33-24(28)19-9-4-2-5-10-19)23(18)34-25(29)20-11-6-3-7-12-20/h2-7,9-13,21-23H,8,14-17H2,1H3/t21-,22?,23+/m0/s1. The molecule has 0 radical (unpaired) electrons. The molecular weight excluding hydrogens is 438 g/mol. The van der Waals surface area contributed by atoms with Crippen molar-refractivity contribution in [2.75, 3.05) is 20.3 Å². The number of carbonyl (C=O) groups is 3. The molecule has 2 aromatic carbocycles. The van der Waals surface area contributed by atoms with Crippen LogP contribution in [0.4, 0.5) is 4.79 Å². The summed E-state index contributed by atoms with van der Waals surface area (Å²) < 4.78 is 22.1. The number of nitrogens with zero attached hydrogens (tertiary/aromatic N) is 1. The largest absolute Gasteiger partial charge is 0.454 e. The molecular formula is C26H27NO7. The summed E-state index contributed by atoms with van der Waals surface area (Å²) >= 11 is 0. The number of hydrogen-bond donors (Lipinski definition) is 0. The number of esters is 2. The number of carbonyl (C=O) groups excluding carboxylic acids is 3. The lowest BCUT2D eigenvalue weighted by Gasteiger charge is -2.33. The lowest BCUT2D eigenvalue weighted by Crippen LogP contribution is -2.41. The van der Waals surface area contributed by atoms with Crippen molar-refractivity contribution in [3.05, 3.63) is 83.4 Å². The number of allylic oxidation sites excluding steroid dienone is 1. The number of hydrogen-bond acceptors (Lipinski definition) is 7. The van der Waals surface area contributed by atoms with Gasteiger partial charge in [-0.3, -0.25) is 4.90 Å². The van der Waals surface area contributed by atoms with Gasteiger partial charge in [0.05, 0.1) is 11.1 Å². The zero-order chi connectivity index (χ0) is 23.9. The summed E-state index contributed by atoms with van der Waals surface area (Å²) in [6.45, 7) is 0.486. The Morgan fingerprint density at radius 3 is 2.21 bits per heavy atom. The lowest BCUT2D eigenvalue weighted by molar-refractivity contribution is -0.0313. The highest BCUT2D eigenvalue weighted by atomic mass is 16.6. The predicted octanol–water partition coefficient (Wildman–Crippen LogP) is 3.97. The van der Waals surface area contributed by atoms with E-state index in [1.54, 1.807) is 48.5 Å². The maximum Gasteiger partial charge on any atom is 0.412 e. The molecule has 0 bridgehead atoms. The van der Waals surface area contributed by atoms with Crippen LogP contribution in [0.1, 0.15) is 40.0 Å². The van der Waals surface area contributed by atoms with Gasteiger partial charge in [-0.2, -0.15) is 0 Å². The second-order valence-electron chi connectivity index (χ2n) is 8.07. The Labute approximate surface area is 198 Å².